The Bertz CT molecular complexity index is 1330. The number of thiazole rings is 1. The van der Waals surface area contributed by atoms with E-state index < -0.39 is 0 Å². The highest BCUT2D eigenvalue weighted by Crippen LogP contribution is 2.28. The number of benzene rings is 2. The number of amides is 1. The third-order valence-electron chi connectivity index (χ3n) is 4.67. The minimum Gasteiger partial charge on any atom is -0.361 e. The quantitative estimate of drug-likeness (QED) is 0.347. The number of fused-ring (bicyclic) bond motifs is 1. The van der Waals surface area contributed by atoms with E-state index in [0.717, 1.165) is 33.0 Å². The van der Waals surface area contributed by atoms with Crippen LogP contribution >= 0.6 is 11.3 Å². The molecule has 0 unspecified atom stereocenters. The van der Waals surface area contributed by atoms with Crippen molar-refractivity contribution in [2.45, 2.75) is 0 Å². The van der Waals surface area contributed by atoms with Crippen LogP contribution in [0, 0.1) is 0 Å². The average Bonchev–Trinajstić information content (AvgIpc) is 3.43. The van der Waals surface area contributed by atoms with Crippen molar-refractivity contribution in [3.63, 3.8) is 0 Å². The Balaban J connectivity index is 1.30. The van der Waals surface area contributed by atoms with Crippen molar-refractivity contribution < 1.29 is 4.79 Å². The van der Waals surface area contributed by atoms with Crippen LogP contribution < -0.4 is 10.6 Å². The second-order valence-corrected chi connectivity index (χ2v) is 7.57. The summed E-state index contributed by atoms with van der Waals surface area (Å²) in [5.74, 6) is -0.155. The molecule has 146 valence electrons. The summed E-state index contributed by atoms with van der Waals surface area (Å²) in [4.78, 5) is 24.4. The highest BCUT2D eigenvalue weighted by Gasteiger charge is 2.09. The second kappa shape index (κ2) is 7.81. The number of carbonyl (C=O) groups excluding carboxylic acids is 1. The summed E-state index contributed by atoms with van der Waals surface area (Å²) >= 11 is 1.52. The lowest BCUT2D eigenvalue weighted by molar-refractivity contribution is 0.102. The fraction of sp³-hybridized carbons (Fsp3) is 0. The fourth-order valence-corrected chi connectivity index (χ4v) is 3.92. The number of aromatic amines is 1. The van der Waals surface area contributed by atoms with Crippen LogP contribution in [-0.4, -0.2) is 20.9 Å². The van der Waals surface area contributed by atoms with Gasteiger partial charge < -0.3 is 15.6 Å². The van der Waals surface area contributed by atoms with E-state index in [-0.39, 0.29) is 5.91 Å². The number of anilines is 3. The second-order valence-electron chi connectivity index (χ2n) is 6.71. The summed E-state index contributed by atoms with van der Waals surface area (Å²) in [6.07, 6.45) is 5.36. The monoisotopic (exact) mass is 411 g/mol. The standard InChI is InChI=1S/C23H17N5OS/c29-22(17-5-4-15-8-11-25-20(15)12-17)26-18-2-1-3-19(13-18)27-23-28-21(14-30-23)16-6-9-24-10-7-16/h1-14,25H,(H,26,29)(H,27,28). The molecule has 2 aromatic carbocycles. The van der Waals surface area contributed by atoms with Crippen molar-refractivity contribution in [3.05, 3.63) is 90.2 Å². The lowest BCUT2D eigenvalue weighted by atomic mass is 10.1. The van der Waals surface area contributed by atoms with Crippen LogP contribution in [0.2, 0.25) is 0 Å². The molecule has 5 aromatic rings. The first-order valence-electron chi connectivity index (χ1n) is 9.36. The molecule has 3 aromatic heterocycles. The Morgan fingerprint density at radius 2 is 1.83 bits per heavy atom. The van der Waals surface area contributed by atoms with Gasteiger partial charge in [0.15, 0.2) is 5.13 Å². The van der Waals surface area contributed by atoms with E-state index >= 15 is 0 Å². The number of hydrogen-bond acceptors (Lipinski definition) is 5. The topological polar surface area (TPSA) is 82.7 Å². The first-order valence-corrected chi connectivity index (χ1v) is 10.2. The average molecular weight is 411 g/mol. The van der Waals surface area contributed by atoms with E-state index in [1.165, 1.54) is 11.3 Å². The van der Waals surface area contributed by atoms with E-state index in [9.17, 15) is 4.79 Å². The largest absolute Gasteiger partial charge is 0.361 e. The molecule has 0 atom stereocenters. The molecule has 30 heavy (non-hydrogen) atoms. The van der Waals surface area contributed by atoms with E-state index in [2.05, 4.69) is 25.6 Å². The molecule has 0 bridgehead atoms. The van der Waals surface area contributed by atoms with Crippen molar-refractivity contribution in [1.82, 2.24) is 15.0 Å². The molecule has 7 heteroatoms. The van der Waals surface area contributed by atoms with Gasteiger partial charge in [-0.1, -0.05) is 12.1 Å². The van der Waals surface area contributed by atoms with Gasteiger partial charge in [-0.2, -0.15) is 0 Å². The molecular weight excluding hydrogens is 394 g/mol. The molecule has 0 radical (unpaired) electrons. The molecular formula is C23H17N5OS. The van der Waals surface area contributed by atoms with E-state index in [1.807, 2.05) is 72.2 Å². The zero-order valence-corrected chi connectivity index (χ0v) is 16.6. The summed E-state index contributed by atoms with van der Waals surface area (Å²) in [6, 6.07) is 19.0. The van der Waals surface area contributed by atoms with Gasteiger partial charge in [0.05, 0.1) is 5.69 Å². The number of H-pyrrole nitrogens is 1. The molecule has 0 aliphatic heterocycles. The zero-order valence-electron chi connectivity index (χ0n) is 15.8. The number of hydrogen-bond donors (Lipinski definition) is 3. The van der Waals surface area contributed by atoms with Gasteiger partial charge in [0, 0.05) is 52.0 Å². The number of nitrogens with zero attached hydrogens (tertiary/aromatic N) is 2. The van der Waals surface area contributed by atoms with Crippen molar-refractivity contribution in [2.75, 3.05) is 10.6 Å². The van der Waals surface area contributed by atoms with Crippen molar-refractivity contribution in [3.8, 4) is 11.3 Å². The normalized spacial score (nSPS) is 10.8. The van der Waals surface area contributed by atoms with Gasteiger partial charge in [0.2, 0.25) is 0 Å². The highest BCUT2D eigenvalue weighted by molar-refractivity contribution is 7.14. The molecule has 0 saturated heterocycles. The van der Waals surface area contributed by atoms with Crippen molar-refractivity contribution in [1.29, 1.82) is 0 Å². The van der Waals surface area contributed by atoms with Gasteiger partial charge >= 0.3 is 0 Å². The van der Waals surface area contributed by atoms with Crippen LogP contribution in [0.5, 0.6) is 0 Å². The molecule has 0 aliphatic rings. The van der Waals surface area contributed by atoms with Crippen LogP contribution in [0.3, 0.4) is 0 Å². The first kappa shape index (κ1) is 18.1. The summed E-state index contributed by atoms with van der Waals surface area (Å²) in [5.41, 5.74) is 5.02. The predicted molar refractivity (Wildman–Crippen MR) is 121 cm³/mol. The summed E-state index contributed by atoms with van der Waals surface area (Å²) in [6.45, 7) is 0. The Labute approximate surface area is 176 Å². The zero-order chi connectivity index (χ0) is 20.3. The third-order valence-corrected chi connectivity index (χ3v) is 5.43. The number of aromatic nitrogens is 3. The maximum Gasteiger partial charge on any atom is 0.255 e. The van der Waals surface area contributed by atoms with Crippen LogP contribution in [0.1, 0.15) is 10.4 Å². The number of nitrogens with one attached hydrogen (secondary N) is 3. The maximum atomic E-state index is 12.6. The molecule has 3 heterocycles. The van der Waals surface area contributed by atoms with E-state index in [0.29, 0.717) is 11.3 Å². The van der Waals surface area contributed by atoms with Gasteiger partial charge in [-0.05, 0) is 53.9 Å². The number of carbonyl (C=O) groups is 1. The Morgan fingerprint density at radius 1 is 0.967 bits per heavy atom. The fourth-order valence-electron chi connectivity index (χ4n) is 3.18. The molecule has 5 rings (SSSR count). The lowest BCUT2D eigenvalue weighted by Gasteiger charge is -2.08. The maximum absolute atomic E-state index is 12.6. The van der Waals surface area contributed by atoms with Crippen LogP contribution in [0.15, 0.2) is 84.6 Å². The third kappa shape index (κ3) is 3.78. The van der Waals surface area contributed by atoms with E-state index in [4.69, 9.17) is 0 Å². The summed E-state index contributed by atoms with van der Waals surface area (Å²) in [7, 11) is 0. The molecule has 0 fully saturated rings. The Kier molecular flexibility index (Phi) is 4.71. The minimum atomic E-state index is -0.155. The molecule has 0 saturated carbocycles. The SMILES string of the molecule is O=C(Nc1cccc(Nc2nc(-c3ccncc3)cs2)c1)c1ccc2cc[nH]c2c1. The van der Waals surface area contributed by atoms with Crippen LogP contribution in [-0.2, 0) is 0 Å². The van der Waals surface area contributed by atoms with Crippen molar-refractivity contribution in [2.24, 2.45) is 0 Å². The minimum absolute atomic E-state index is 0.155. The Hall–Kier alpha value is -3.97. The molecule has 0 spiro atoms. The van der Waals surface area contributed by atoms with Crippen LogP contribution in [0.4, 0.5) is 16.5 Å². The van der Waals surface area contributed by atoms with E-state index in [1.54, 1.807) is 12.4 Å². The molecule has 1 amide bonds. The van der Waals surface area contributed by atoms with Crippen molar-refractivity contribution >= 4 is 44.7 Å². The van der Waals surface area contributed by atoms with Crippen LogP contribution in [0.25, 0.3) is 22.2 Å². The lowest BCUT2D eigenvalue weighted by Crippen LogP contribution is -2.11. The molecule has 6 nitrogen and oxygen atoms in total. The first-order chi connectivity index (χ1) is 14.7. The van der Waals surface area contributed by atoms with Gasteiger partial charge in [-0.3, -0.25) is 9.78 Å². The smallest absolute Gasteiger partial charge is 0.255 e. The molecule has 3 N–H and O–H groups in total. The Morgan fingerprint density at radius 3 is 2.73 bits per heavy atom. The number of pyridine rings is 1. The van der Waals surface area contributed by atoms with Gasteiger partial charge in [0.1, 0.15) is 0 Å². The summed E-state index contributed by atoms with van der Waals surface area (Å²) < 4.78 is 0. The molecule has 0 aliphatic carbocycles. The van der Waals surface area contributed by atoms with Gasteiger partial charge in [0.25, 0.3) is 5.91 Å². The summed E-state index contributed by atoms with van der Waals surface area (Å²) in [5, 5.41) is 10.1. The predicted octanol–water partition coefficient (Wildman–Crippen LogP) is 5.68. The van der Waals surface area contributed by atoms with Gasteiger partial charge in [-0.15, -0.1) is 11.3 Å². The number of rotatable bonds is 5. The highest BCUT2D eigenvalue weighted by atomic mass is 32.1. The van der Waals surface area contributed by atoms with Gasteiger partial charge in [-0.25, -0.2) is 4.98 Å².